The number of hydrogen-bond donors (Lipinski definition) is 3. The average Bonchev–Trinajstić information content (AvgIpc) is 2.98. The van der Waals surface area contributed by atoms with Crippen LogP contribution in [0.4, 0.5) is 17.6 Å². The van der Waals surface area contributed by atoms with E-state index < -0.39 is 29.3 Å². The second-order valence-electron chi connectivity index (χ2n) is 7.02. The quantitative estimate of drug-likeness (QED) is 0.313. The molecule has 1 unspecified atom stereocenters. The van der Waals surface area contributed by atoms with Crippen LogP contribution in [-0.4, -0.2) is 54.9 Å². The summed E-state index contributed by atoms with van der Waals surface area (Å²) in [6.07, 6.45) is -3.31. The summed E-state index contributed by atoms with van der Waals surface area (Å²) in [4.78, 5) is 33.3. The molecule has 2 fully saturated rings. The van der Waals surface area contributed by atoms with Gasteiger partial charge < -0.3 is 20.5 Å². The fourth-order valence-corrected chi connectivity index (χ4v) is 3.84. The molecule has 1 atom stereocenters. The van der Waals surface area contributed by atoms with Gasteiger partial charge in [-0.05, 0) is 54.0 Å². The third-order valence-corrected chi connectivity index (χ3v) is 5.79. The molecule has 1 spiro atoms. The number of cyclic esters (lactones) is 1. The molecule has 13 heteroatoms. The van der Waals surface area contributed by atoms with Crippen molar-refractivity contribution in [1.29, 1.82) is 0 Å². The molecule has 2 aliphatic rings. The monoisotopic (exact) mass is 532 g/mol. The minimum absolute atomic E-state index is 0.0337. The average molecular weight is 534 g/mol. The number of alkyl halides is 3. The van der Waals surface area contributed by atoms with Crippen molar-refractivity contribution >= 4 is 45.4 Å². The van der Waals surface area contributed by atoms with Crippen molar-refractivity contribution in [1.82, 2.24) is 10.6 Å². The SMILES string of the molecule is O=C(NCC1CC2(CCNCC2)C(=O)O1)c1cc(Br)c(F)cc1Cl.O=C(O)C(F)(F)F. The molecule has 0 aromatic heterocycles. The zero-order chi connectivity index (χ0) is 23.4. The number of aliphatic carboxylic acids is 1. The van der Waals surface area contributed by atoms with Crippen LogP contribution in [0.1, 0.15) is 29.6 Å². The minimum Gasteiger partial charge on any atom is -0.475 e. The molecule has 1 aromatic carbocycles. The van der Waals surface area contributed by atoms with E-state index in [2.05, 4.69) is 26.6 Å². The molecule has 0 bridgehead atoms. The van der Waals surface area contributed by atoms with Gasteiger partial charge in [-0.1, -0.05) is 11.6 Å². The molecule has 31 heavy (non-hydrogen) atoms. The lowest BCUT2D eigenvalue weighted by molar-refractivity contribution is -0.192. The topological polar surface area (TPSA) is 105 Å². The highest BCUT2D eigenvalue weighted by Gasteiger charge is 2.49. The van der Waals surface area contributed by atoms with Gasteiger partial charge in [0.1, 0.15) is 11.9 Å². The molecule has 2 saturated heterocycles. The summed E-state index contributed by atoms with van der Waals surface area (Å²) in [6, 6.07) is 2.42. The Balaban J connectivity index is 0.000000423. The molecular weight excluding hydrogens is 516 g/mol. The van der Waals surface area contributed by atoms with Gasteiger partial charge in [0.25, 0.3) is 5.91 Å². The smallest absolute Gasteiger partial charge is 0.475 e. The number of carbonyl (C=O) groups is 3. The first-order valence-electron chi connectivity index (χ1n) is 9.00. The number of hydrogen-bond acceptors (Lipinski definition) is 5. The Morgan fingerprint density at radius 1 is 1.32 bits per heavy atom. The van der Waals surface area contributed by atoms with Gasteiger partial charge in [-0.15, -0.1) is 0 Å². The van der Waals surface area contributed by atoms with Gasteiger partial charge in [-0.3, -0.25) is 9.59 Å². The number of ether oxygens (including phenoxy) is 1. The number of amides is 1. The lowest BCUT2D eigenvalue weighted by Crippen LogP contribution is -2.39. The summed E-state index contributed by atoms with van der Waals surface area (Å²) in [5.74, 6) is -3.89. The highest BCUT2D eigenvalue weighted by Crippen LogP contribution is 2.41. The predicted molar refractivity (Wildman–Crippen MR) is 104 cm³/mol. The minimum atomic E-state index is -5.08. The summed E-state index contributed by atoms with van der Waals surface area (Å²) in [5.41, 5.74) is -0.247. The number of carbonyl (C=O) groups excluding carboxylic acids is 2. The zero-order valence-electron chi connectivity index (χ0n) is 15.8. The molecule has 172 valence electrons. The standard InChI is InChI=1S/C16H17BrClFN2O3.C2HF3O2/c17-11-5-10(12(18)6-13(11)19)14(22)21-8-9-7-16(15(23)24-9)1-3-20-4-2-16;3-2(4,5)1(6)7/h5-6,9,20H,1-4,7-8H2,(H,21,22);(H,6,7). The molecule has 7 nitrogen and oxygen atoms in total. The van der Waals surface area contributed by atoms with Crippen LogP contribution >= 0.6 is 27.5 Å². The summed E-state index contributed by atoms with van der Waals surface area (Å²) < 4.78 is 50.7. The summed E-state index contributed by atoms with van der Waals surface area (Å²) in [6.45, 7) is 1.81. The van der Waals surface area contributed by atoms with Crippen LogP contribution in [0, 0.1) is 11.2 Å². The zero-order valence-corrected chi connectivity index (χ0v) is 18.2. The van der Waals surface area contributed by atoms with E-state index in [4.69, 9.17) is 26.2 Å². The molecule has 0 radical (unpaired) electrons. The molecule has 0 saturated carbocycles. The van der Waals surface area contributed by atoms with Crippen LogP contribution in [0.25, 0.3) is 0 Å². The van der Waals surface area contributed by atoms with Crippen LogP contribution in [-0.2, 0) is 14.3 Å². The number of esters is 1. The van der Waals surface area contributed by atoms with Crippen molar-refractivity contribution in [3.05, 3.63) is 33.0 Å². The number of carboxylic acids is 1. The van der Waals surface area contributed by atoms with Crippen LogP contribution in [0.15, 0.2) is 16.6 Å². The highest BCUT2D eigenvalue weighted by atomic mass is 79.9. The van der Waals surface area contributed by atoms with Gasteiger partial charge in [-0.25, -0.2) is 9.18 Å². The van der Waals surface area contributed by atoms with Gasteiger partial charge in [0, 0.05) is 6.42 Å². The first-order chi connectivity index (χ1) is 14.4. The number of piperidine rings is 1. The van der Waals surface area contributed by atoms with Crippen molar-refractivity contribution in [3.63, 3.8) is 0 Å². The van der Waals surface area contributed by atoms with Crippen molar-refractivity contribution in [2.75, 3.05) is 19.6 Å². The third-order valence-electron chi connectivity index (χ3n) is 4.87. The molecule has 1 aromatic rings. The van der Waals surface area contributed by atoms with E-state index in [0.717, 1.165) is 32.0 Å². The van der Waals surface area contributed by atoms with Gasteiger partial charge in [0.15, 0.2) is 0 Å². The van der Waals surface area contributed by atoms with Crippen molar-refractivity contribution < 1.29 is 41.8 Å². The van der Waals surface area contributed by atoms with Gasteiger partial charge in [0.05, 0.1) is 27.0 Å². The lowest BCUT2D eigenvalue weighted by atomic mass is 9.76. The fraction of sp³-hybridized carbons (Fsp3) is 0.500. The maximum absolute atomic E-state index is 13.4. The maximum atomic E-state index is 13.4. The number of nitrogens with one attached hydrogen (secondary N) is 2. The Morgan fingerprint density at radius 3 is 2.45 bits per heavy atom. The normalized spacial score (nSPS) is 19.9. The first kappa shape index (κ1) is 25.3. The molecule has 0 aliphatic carbocycles. The molecule has 3 rings (SSSR count). The van der Waals surface area contributed by atoms with Crippen molar-refractivity contribution in [3.8, 4) is 0 Å². The Morgan fingerprint density at radius 2 is 1.90 bits per heavy atom. The Labute approximate surface area is 187 Å². The van der Waals surface area contributed by atoms with E-state index in [0.29, 0.717) is 6.42 Å². The van der Waals surface area contributed by atoms with Crippen LogP contribution in [0.3, 0.4) is 0 Å². The van der Waals surface area contributed by atoms with Crippen LogP contribution in [0.5, 0.6) is 0 Å². The van der Waals surface area contributed by atoms with Crippen LogP contribution in [0.2, 0.25) is 5.02 Å². The van der Waals surface area contributed by atoms with Gasteiger partial charge in [-0.2, -0.15) is 13.2 Å². The number of benzene rings is 1. The largest absolute Gasteiger partial charge is 0.490 e. The predicted octanol–water partition coefficient (Wildman–Crippen LogP) is 3.29. The Bertz CT molecular complexity index is 862. The molecule has 3 N–H and O–H groups in total. The fourth-order valence-electron chi connectivity index (χ4n) is 3.26. The van der Waals surface area contributed by atoms with E-state index in [1.807, 2.05) is 0 Å². The van der Waals surface area contributed by atoms with E-state index in [1.165, 1.54) is 6.07 Å². The second kappa shape index (κ2) is 10.1. The first-order valence-corrected chi connectivity index (χ1v) is 10.2. The second-order valence-corrected chi connectivity index (χ2v) is 8.28. The summed E-state index contributed by atoms with van der Waals surface area (Å²) in [5, 5.41) is 13.1. The summed E-state index contributed by atoms with van der Waals surface area (Å²) in [7, 11) is 0. The third kappa shape index (κ3) is 6.53. The number of carboxylic acid groups (broad SMARTS) is 1. The number of halogens is 6. The van der Waals surface area contributed by atoms with E-state index in [1.54, 1.807) is 0 Å². The van der Waals surface area contributed by atoms with Gasteiger partial charge >= 0.3 is 18.1 Å². The van der Waals surface area contributed by atoms with E-state index >= 15 is 0 Å². The highest BCUT2D eigenvalue weighted by molar-refractivity contribution is 9.10. The van der Waals surface area contributed by atoms with Crippen LogP contribution < -0.4 is 10.6 Å². The van der Waals surface area contributed by atoms with Gasteiger partial charge in [0.2, 0.25) is 0 Å². The van der Waals surface area contributed by atoms with E-state index in [-0.39, 0.29) is 33.7 Å². The molecule has 2 aliphatic heterocycles. The molecule has 1 amide bonds. The Hall–Kier alpha value is -1.92. The maximum Gasteiger partial charge on any atom is 0.490 e. The lowest BCUT2D eigenvalue weighted by Gasteiger charge is -2.29. The number of rotatable bonds is 3. The Kier molecular flexibility index (Phi) is 8.28. The summed E-state index contributed by atoms with van der Waals surface area (Å²) >= 11 is 8.95. The van der Waals surface area contributed by atoms with Crippen molar-refractivity contribution in [2.24, 2.45) is 5.41 Å². The molecule has 2 heterocycles. The van der Waals surface area contributed by atoms with Crippen molar-refractivity contribution in [2.45, 2.75) is 31.5 Å². The van der Waals surface area contributed by atoms with E-state index in [9.17, 15) is 27.2 Å². The molecular formula is C18H18BrClF4N2O5.